The van der Waals surface area contributed by atoms with Crippen LogP contribution in [0.3, 0.4) is 0 Å². The third kappa shape index (κ3) is 11.2. The predicted molar refractivity (Wildman–Crippen MR) is 142 cm³/mol. The van der Waals surface area contributed by atoms with E-state index in [0.29, 0.717) is 19.4 Å². The average molecular weight is 498 g/mol. The highest BCUT2D eigenvalue weighted by Crippen LogP contribution is 2.22. The van der Waals surface area contributed by atoms with Crippen molar-refractivity contribution in [1.82, 2.24) is 5.32 Å². The van der Waals surface area contributed by atoms with E-state index >= 15 is 0 Å². The van der Waals surface area contributed by atoms with Gasteiger partial charge in [0.1, 0.15) is 6.61 Å². The van der Waals surface area contributed by atoms with Gasteiger partial charge >= 0.3 is 5.97 Å². The molecule has 1 aromatic rings. The largest absolute Gasteiger partial charge is 0.504 e. The smallest absolute Gasteiger partial charge is 0.306 e. The molecule has 0 atom stereocenters. The predicted octanol–water partition coefficient (Wildman–Crippen LogP) is 6.65. The number of Topliss-reactive ketones (excluding diaryl/α,β-unsaturated/α-hetero) is 1. The van der Waals surface area contributed by atoms with Crippen LogP contribution in [0.4, 0.5) is 0 Å². The van der Waals surface area contributed by atoms with Crippen LogP contribution in [0.15, 0.2) is 53.4 Å². The molecule has 36 heavy (non-hydrogen) atoms. The van der Waals surface area contributed by atoms with Crippen molar-refractivity contribution in [1.29, 1.82) is 0 Å². The summed E-state index contributed by atoms with van der Waals surface area (Å²) in [5.74, 6) is -1.61. The molecule has 1 aliphatic carbocycles. The van der Waals surface area contributed by atoms with Crippen LogP contribution in [0.1, 0.15) is 102 Å². The minimum absolute atomic E-state index is 0.188. The van der Waals surface area contributed by atoms with E-state index in [1.807, 2.05) is 30.3 Å². The zero-order valence-electron chi connectivity index (χ0n) is 21.9. The fourth-order valence-electron chi connectivity index (χ4n) is 4.28. The highest BCUT2D eigenvalue weighted by Gasteiger charge is 2.27. The number of carbonyl (C=O) groups excluding carboxylic acids is 3. The van der Waals surface area contributed by atoms with Crippen molar-refractivity contribution in [3.8, 4) is 0 Å². The Morgan fingerprint density at radius 2 is 1.47 bits per heavy atom. The monoisotopic (exact) mass is 497 g/mol. The summed E-state index contributed by atoms with van der Waals surface area (Å²) in [4.78, 5) is 36.9. The highest BCUT2D eigenvalue weighted by atomic mass is 16.5. The van der Waals surface area contributed by atoms with Gasteiger partial charge in [0.15, 0.2) is 5.76 Å². The number of nitrogens with one attached hydrogen (secondary N) is 1. The highest BCUT2D eigenvalue weighted by molar-refractivity contribution is 6.21. The Hall–Kier alpha value is -2.89. The lowest BCUT2D eigenvalue weighted by Gasteiger charge is -2.17. The molecule has 0 aliphatic heterocycles. The molecule has 1 aromatic carbocycles. The molecule has 0 unspecified atom stereocenters. The first-order chi connectivity index (χ1) is 17.5. The van der Waals surface area contributed by atoms with E-state index in [9.17, 15) is 19.5 Å². The molecule has 0 saturated carbocycles. The van der Waals surface area contributed by atoms with Crippen LogP contribution in [-0.4, -0.2) is 29.2 Å². The number of hydrogen-bond donors (Lipinski definition) is 2. The van der Waals surface area contributed by atoms with E-state index in [0.717, 1.165) is 30.9 Å². The molecule has 2 rings (SSSR count). The van der Waals surface area contributed by atoms with Crippen LogP contribution >= 0.6 is 0 Å². The summed E-state index contributed by atoms with van der Waals surface area (Å²) < 4.78 is 5.25. The van der Waals surface area contributed by atoms with E-state index < -0.39 is 11.5 Å². The number of benzene rings is 1. The second kappa shape index (κ2) is 17.5. The molecule has 0 heterocycles. The molecule has 0 fully saturated rings. The zero-order valence-corrected chi connectivity index (χ0v) is 21.9. The van der Waals surface area contributed by atoms with Crippen LogP contribution in [0, 0.1) is 0 Å². The van der Waals surface area contributed by atoms with Gasteiger partial charge in [-0.3, -0.25) is 14.4 Å². The molecular formula is C30H43NO5. The maximum Gasteiger partial charge on any atom is 0.306 e. The summed E-state index contributed by atoms with van der Waals surface area (Å²) >= 11 is 0. The number of hydrogen-bond acceptors (Lipinski definition) is 6. The lowest BCUT2D eigenvalue weighted by molar-refractivity contribution is -0.145. The van der Waals surface area contributed by atoms with E-state index in [1.54, 1.807) is 0 Å². The summed E-state index contributed by atoms with van der Waals surface area (Å²) in [6, 6.07) is 9.47. The Morgan fingerprint density at radius 1 is 0.861 bits per heavy atom. The Kier molecular flexibility index (Phi) is 14.3. The molecule has 0 saturated heterocycles. The van der Waals surface area contributed by atoms with E-state index in [2.05, 4.69) is 12.2 Å². The van der Waals surface area contributed by atoms with Gasteiger partial charge in [-0.25, -0.2) is 0 Å². The Bertz CT molecular complexity index is 888. The average Bonchev–Trinajstić information content (AvgIpc) is 2.89. The quantitative estimate of drug-likeness (QED) is 0.126. The SMILES string of the molecule is CCCCCCCCCCCCCC1=C(O)C(=O)C=C(NCCCC(=O)OCc2ccccc2)C1=O. The van der Waals surface area contributed by atoms with Crippen molar-refractivity contribution in [3.05, 3.63) is 59.0 Å². The van der Waals surface area contributed by atoms with Gasteiger partial charge in [-0.15, -0.1) is 0 Å². The molecule has 0 bridgehead atoms. The number of unbranched alkanes of at least 4 members (excludes halogenated alkanes) is 10. The number of carbonyl (C=O) groups is 3. The Morgan fingerprint density at radius 3 is 2.11 bits per heavy atom. The fraction of sp³-hybridized carbons (Fsp3) is 0.567. The van der Waals surface area contributed by atoms with Gasteiger partial charge in [0.25, 0.3) is 0 Å². The van der Waals surface area contributed by atoms with E-state index in [-0.39, 0.29) is 36.1 Å². The maximum atomic E-state index is 12.8. The van der Waals surface area contributed by atoms with Crippen molar-refractivity contribution >= 4 is 17.5 Å². The topological polar surface area (TPSA) is 92.7 Å². The van der Waals surface area contributed by atoms with Gasteiger partial charge in [0.05, 0.1) is 5.70 Å². The van der Waals surface area contributed by atoms with E-state index in [4.69, 9.17) is 4.74 Å². The maximum absolute atomic E-state index is 12.8. The van der Waals surface area contributed by atoms with Crippen LogP contribution in [0.5, 0.6) is 0 Å². The first-order valence-corrected chi connectivity index (χ1v) is 13.7. The third-order valence-electron chi connectivity index (χ3n) is 6.46. The molecule has 2 N–H and O–H groups in total. The molecule has 0 radical (unpaired) electrons. The summed E-state index contributed by atoms with van der Waals surface area (Å²) in [5, 5.41) is 13.1. The van der Waals surface area contributed by atoms with Crippen molar-refractivity contribution in [2.45, 2.75) is 103 Å². The first kappa shape index (κ1) is 29.3. The number of allylic oxidation sites excluding steroid dienone is 2. The minimum Gasteiger partial charge on any atom is -0.504 e. The fourth-order valence-corrected chi connectivity index (χ4v) is 4.28. The van der Waals surface area contributed by atoms with Crippen molar-refractivity contribution in [2.75, 3.05) is 6.54 Å². The van der Waals surface area contributed by atoms with Crippen LogP contribution in [-0.2, 0) is 25.7 Å². The number of aliphatic hydroxyl groups excluding tert-OH is 1. The van der Waals surface area contributed by atoms with Crippen molar-refractivity contribution < 1.29 is 24.2 Å². The number of ether oxygens (including phenoxy) is 1. The van der Waals surface area contributed by atoms with Crippen molar-refractivity contribution in [3.63, 3.8) is 0 Å². The number of rotatable bonds is 19. The minimum atomic E-state index is -0.544. The van der Waals surface area contributed by atoms with Crippen LogP contribution in [0.25, 0.3) is 0 Å². The van der Waals surface area contributed by atoms with Gasteiger partial charge in [-0.2, -0.15) is 0 Å². The number of esters is 1. The lowest BCUT2D eigenvalue weighted by Crippen LogP contribution is -2.29. The molecular weight excluding hydrogens is 454 g/mol. The second-order valence-corrected chi connectivity index (χ2v) is 9.54. The normalized spacial score (nSPS) is 13.6. The van der Waals surface area contributed by atoms with Crippen LogP contribution < -0.4 is 5.32 Å². The van der Waals surface area contributed by atoms with Gasteiger partial charge < -0.3 is 15.2 Å². The van der Waals surface area contributed by atoms with Gasteiger partial charge in [0.2, 0.25) is 11.6 Å². The zero-order chi connectivity index (χ0) is 26.0. The standard InChI is InChI=1S/C30H43NO5/c1-2-3-4-5-6-7-8-9-10-11-15-19-25-29(34)26(22-27(32)30(25)35)31-21-16-20-28(33)36-23-24-17-13-12-14-18-24/h12-14,17-18,22,31,35H,2-11,15-16,19-21,23H2,1H3. The second-order valence-electron chi connectivity index (χ2n) is 9.54. The number of ketones is 2. The Labute approximate surface area is 216 Å². The van der Waals surface area contributed by atoms with Crippen molar-refractivity contribution in [2.24, 2.45) is 0 Å². The molecule has 0 spiro atoms. The molecule has 1 aliphatic rings. The summed E-state index contributed by atoms with van der Waals surface area (Å²) in [7, 11) is 0. The van der Waals surface area contributed by atoms with E-state index in [1.165, 1.54) is 51.4 Å². The molecule has 6 heteroatoms. The van der Waals surface area contributed by atoms with Gasteiger partial charge in [0, 0.05) is 24.6 Å². The lowest BCUT2D eigenvalue weighted by atomic mass is 9.93. The summed E-state index contributed by atoms with van der Waals surface area (Å²) in [6.07, 6.45) is 15.4. The summed E-state index contributed by atoms with van der Waals surface area (Å²) in [6.45, 7) is 2.82. The molecule has 0 amide bonds. The molecule has 198 valence electrons. The first-order valence-electron chi connectivity index (χ1n) is 13.7. The van der Waals surface area contributed by atoms with Gasteiger partial charge in [-0.05, 0) is 24.8 Å². The van der Waals surface area contributed by atoms with Crippen LogP contribution in [0.2, 0.25) is 0 Å². The summed E-state index contributed by atoms with van der Waals surface area (Å²) in [5.41, 5.74) is 1.31. The molecule has 6 nitrogen and oxygen atoms in total. The van der Waals surface area contributed by atoms with Gasteiger partial charge in [-0.1, -0.05) is 101 Å². The Balaban J connectivity index is 1.61. The molecule has 0 aromatic heterocycles. The third-order valence-corrected chi connectivity index (χ3v) is 6.46. The number of aliphatic hydroxyl groups is 1.